The first-order valence-electron chi connectivity index (χ1n) is 18.7. The zero-order chi connectivity index (χ0) is 36.0. The van der Waals surface area contributed by atoms with Crippen LogP contribution in [-0.2, 0) is 5.41 Å². The van der Waals surface area contributed by atoms with Crippen LogP contribution in [0.1, 0.15) is 25.0 Å². The summed E-state index contributed by atoms with van der Waals surface area (Å²) < 4.78 is 6.79. The summed E-state index contributed by atoms with van der Waals surface area (Å²) in [6.45, 7) is 4.67. The lowest BCUT2D eigenvalue weighted by molar-refractivity contribution is 0.418. The molecular weight excluding hydrogens is 657 g/mol. The zero-order valence-corrected chi connectivity index (χ0v) is 30.1. The second-order valence-electron chi connectivity index (χ2n) is 14.9. The normalized spacial score (nSPS) is 14.0. The molecule has 8 aromatic rings. The molecule has 0 N–H and O–H groups in total. The van der Waals surface area contributed by atoms with E-state index < -0.39 is 0 Å². The van der Waals surface area contributed by atoms with Gasteiger partial charge < -0.3 is 14.5 Å². The molecule has 0 atom stereocenters. The summed E-state index contributed by atoms with van der Waals surface area (Å²) in [4.78, 5) is 4.85. The molecular formula is C51H36N2O. The molecule has 54 heavy (non-hydrogen) atoms. The van der Waals surface area contributed by atoms with Gasteiger partial charge in [0.2, 0.25) is 0 Å². The minimum absolute atomic E-state index is 0.364. The fraction of sp³-hybridized carbons (Fsp3) is 0.0588. The van der Waals surface area contributed by atoms with Gasteiger partial charge in [0.15, 0.2) is 0 Å². The third-order valence-electron chi connectivity index (χ3n) is 11.6. The summed E-state index contributed by atoms with van der Waals surface area (Å²) in [5, 5.41) is 0. The van der Waals surface area contributed by atoms with Crippen LogP contribution in [0.3, 0.4) is 0 Å². The van der Waals surface area contributed by atoms with Gasteiger partial charge in [-0.25, -0.2) is 0 Å². The summed E-state index contributed by atoms with van der Waals surface area (Å²) >= 11 is 0. The summed E-state index contributed by atoms with van der Waals surface area (Å²) in [5.74, 6) is 1.79. The van der Waals surface area contributed by atoms with Gasteiger partial charge in [-0.2, -0.15) is 0 Å². The van der Waals surface area contributed by atoms with Crippen molar-refractivity contribution in [3.8, 4) is 56.0 Å². The predicted molar refractivity (Wildman–Crippen MR) is 223 cm³/mol. The van der Waals surface area contributed by atoms with Crippen LogP contribution in [-0.4, -0.2) is 0 Å². The van der Waals surface area contributed by atoms with Crippen molar-refractivity contribution in [3.05, 3.63) is 193 Å². The first-order valence-corrected chi connectivity index (χ1v) is 18.7. The lowest BCUT2D eigenvalue weighted by Crippen LogP contribution is -2.25. The molecule has 11 rings (SSSR count). The van der Waals surface area contributed by atoms with Crippen molar-refractivity contribution < 1.29 is 4.74 Å². The number of nitrogens with zero attached hydrogens (tertiary/aromatic N) is 2. The van der Waals surface area contributed by atoms with Gasteiger partial charge >= 0.3 is 0 Å². The van der Waals surface area contributed by atoms with Crippen molar-refractivity contribution in [2.75, 3.05) is 9.80 Å². The fourth-order valence-electron chi connectivity index (χ4n) is 9.04. The van der Waals surface area contributed by atoms with Crippen LogP contribution in [0.5, 0.6) is 11.5 Å². The third-order valence-corrected chi connectivity index (χ3v) is 11.6. The number of para-hydroxylation sites is 4. The molecule has 0 unspecified atom stereocenters. The highest BCUT2D eigenvalue weighted by atomic mass is 16.5. The molecule has 0 saturated carbocycles. The van der Waals surface area contributed by atoms with Crippen molar-refractivity contribution in [2.45, 2.75) is 19.3 Å². The minimum atomic E-state index is -0.364. The number of hydrogen-bond acceptors (Lipinski definition) is 3. The largest absolute Gasteiger partial charge is 0.457 e. The lowest BCUT2D eigenvalue weighted by Gasteiger charge is -2.37. The van der Waals surface area contributed by atoms with Gasteiger partial charge in [-0.15, -0.1) is 0 Å². The van der Waals surface area contributed by atoms with Crippen molar-refractivity contribution in [3.63, 3.8) is 0 Å². The van der Waals surface area contributed by atoms with E-state index in [-0.39, 0.29) is 5.41 Å². The quantitative estimate of drug-likeness (QED) is 0.179. The number of ether oxygens (including phenoxy) is 1. The molecule has 8 aromatic carbocycles. The molecule has 3 aliphatic heterocycles. The molecule has 3 nitrogen and oxygen atoms in total. The maximum atomic E-state index is 6.79. The minimum Gasteiger partial charge on any atom is -0.457 e. The van der Waals surface area contributed by atoms with Crippen LogP contribution in [0.15, 0.2) is 182 Å². The molecule has 0 bridgehead atoms. The number of rotatable bonds is 2. The summed E-state index contributed by atoms with van der Waals surface area (Å²) in [6, 6.07) is 66.0. The van der Waals surface area contributed by atoms with Crippen molar-refractivity contribution in [2.24, 2.45) is 0 Å². The van der Waals surface area contributed by atoms with Crippen LogP contribution >= 0.6 is 0 Å². The molecule has 0 aliphatic carbocycles. The second kappa shape index (κ2) is 11.6. The number of fused-ring (bicyclic) bond motifs is 12. The van der Waals surface area contributed by atoms with Crippen LogP contribution in [0.4, 0.5) is 34.1 Å². The van der Waals surface area contributed by atoms with Crippen LogP contribution in [0.2, 0.25) is 0 Å². The fourth-order valence-corrected chi connectivity index (χ4v) is 9.04. The molecule has 0 fully saturated rings. The van der Waals surface area contributed by atoms with E-state index in [1.807, 2.05) is 0 Å². The average Bonchev–Trinajstić information content (AvgIpc) is 3.43. The summed E-state index contributed by atoms with van der Waals surface area (Å²) in [7, 11) is 0. The van der Waals surface area contributed by atoms with Crippen molar-refractivity contribution in [1.82, 2.24) is 0 Å². The first-order chi connectivity index (χ1) is 26.6. The SMILES string of the molecule is CC1(C)c2cc(N3c4ccccc4-c4ccccc4-c4ccccc43)ccc2Oc2ccc(N3c4ccccc4-c4ccccc4-c4ccccc43)cc21. The van der Waals surface area contributed by atoms with Gasteiger partial charge in [0.1, 0.15) is 11.5 Å². The second-order valence-corrected chi connectivity index (χ2v) is 14.9. The smallest absolute Gasteiger partial charge is 0.131 e. The highest BCUT2D eigenvalue weighted by molar-refractivity contribution is 6.04. The molecule has 256 valence electrons. The molecule has 0 aromatic heterocycles. The van der Waals surface area contributed by atoms with E-state index in [1.54, 1.807) is 0 Å². The van der Waals surface area contributed by atoms with Gasteiger partial charge in [-0.05, 0) is 82.9 Å². The van der Waals surface area contributed by atoms with E-state index in [9.17, 15) is 0 Å². The van der Waals surface area contributed by atoms with Gasteiger partial charge in [0.25, 0.3) is 0 Å². The molecule has 0 radical (unpaired) electrons. The Morgan fingerprint density at radius 3 is 0.926 bits per heavy atom. The monoisotopic (exact) mass is 692 g/mol. The van der Waals surface area contributed by atoms with Crippen molar-refractivity contribution in [1.29, 1.82) is 0 Å². The molecule has 3 aliphatic rings. The molecule has 0 amide bonds. The Morgan fingerprint density at radius 2 is 0.611 bits per heavy atom. The molecule has 3 heterocycles. The van der Waals surface area contributed by atoms with Gasteiger partial charge in [-0.1, -0.05) is 135 Å². The topological polar surface area (TPSA) is 15.7 Å². The number of benzene rings is 8. The highest BCUT2D eigenvalue weighted by Crippen LogP contribution is 2.56. The summed E-state index contributed by atoms with van der Waals surface area (Å²) in [5.41, 5.74) is 18.6. The van der Waals surface area contributed by atoms with Crippen LogP contribution in [0, 0.1) is 0 Å². The summed E-state index contributed by atoms with van der Waals surface area (Å²) in [6.07, 6.45) is 0. The maximum Gasteiger partial charge on any atom is 0.131 e. The predicted octanol–water partition coefficient (Wildman–Crippen LogP) is 14.4. The van der Waals surface area contributed by atoms with Crippen LogP contribution in [0.25, 0.3) is 44.5 Å². The Balaban J connectivity index is 1.07. The number of anilines is 6. The van der Waals surface area contributed by atoms with E-state index in [4.69, 9.17) is 4.74 Å². The Bertz CT molecular complexity index is 2490. The van der Waals surface area contributed by atoms with E-state index >= 15 is 0 Å². The Labute approximate surface area is 316 Å². The Morgan fingerprint density at radius 1 is 0.333 bits per heavy atom. The maximum absolute atomic E-state index is 6.79. The molecule has 0 saturated heterocycles. The number of hydrogen-bond donors (Lipinski definition) is 0. The Hall–Kier alpha value is -6.84. The van der Waals surface area contributed by atoms with E-state index in [0.717, 1.165) is 56.8 Å². The third kappa shape index (κ3) is 4.42. The van der Waals surface area contributed by atoms with Gasteiger partial charge in [0, 0.05) is 50.2 Å². The van der Waals surface area contributed by atoms with E-state index in [0.29, 0.717) is 0 Å². The Kier molecular flexibility index (Phi) is 6.60. The van der Waals surface area contributed by atoms with E-state index in [1.165, 1.54) is 44.5 Å². The van der Waals surface area contributed by atoms with Gasteiger partial charge in [-0.3, -0.25) is 0 Å². The average molecular weight is 693 g/mol. The highest BCUT2D eigenvalue weighted by Gasteiger charge is 2.37. The first kappa shape index (κ1) is 30.8. The van der Waals surface area contributed by atoms with Crippen molar-refractivity contribution >= 4 is 34.1 Å². The van der Waals surface area contributed by atoms with Crippen LogP contribution < -0.4 is 14.5 Å². The van der Waals surface area contributed by atoms with E-state index in [2.05, 4.69) is 206 Å². The molecule has 3 heteroatoms. The van der Waals surface area contributed by atoms with Gasteiger partial charge in [0.05, 0.1) is 22.7 Å². The zero-order valence-electron chi connectivity index (χ0n) is 30.1. The standard InChI is InChI=1S/C51H36N2O/c1-51(2)43-31-33(52-45-23-11-7-19-39(45)35-15-3-4-16-36(35)40-20-8-12-24-46(40)52)27-29-49(43)54-50-30-28-34(32-44(50)51)53-47-25-13-9-21-41(47)37-17-5-6-18-38(37)42-22-10-14-26-48(42)53/h3-32H,1-2H3. The lowest BCUT2D eigenvalue weighted by atomic mass is 9.75. The molecule has 0 spiro atoms.